The summed E-state index contributed by atoms with van der Waals surface area (Å²) in [6.45, 7) is 25.2. The van der Waals surface area contributed by atoms with Gasteiger partial charge in [0.1, 0.15) is 0 Å². The van der Waals surface area contributed by atoms with Crippen molar-refractivity contribution in [2.45, 2.75) is 138 Å². The molecule has 0 aromatic heterocycles. The van der Waals surface area contributed by atoms with Crippen LogP contribution in [0.3, 0.4) is 0 Å². The summed E-state index contributed by atoms with van der Waals surface area (Å²) in [5.41, 5.74) is 0. The third-order valence-electron chi connectivity index (χ3n) is 6.51. The monoisotopic (exact) mass is 686 g/mol. The van der Waals surface area contributed by atoms with E-state index in [1.54, 1.807) is 0 Å². The Hall–Kier alpha value is 1.48. The van der Waals surface area contributed by atoms with Crippen LogP contribution in [0.5, 0.6) is 0 Å². The quantitative estimate of drug-likeness (QED) is 0.0840. The molecule has 33 heavy (non-hydrogen) atoms. The fourth-order valence-electron chi connectivity index (χ4n) is 3.98. The first-order chi connectivity index (χ1) is 15.5. The van der Waals surface area contributed by atoms with Crippen molar-refractivity contribution in [3.05, 3.63) is 0 Å². The minimum atomic E-state index is -3.29. The van der Waals surface area contributed by atoms with Gasteiger partial charge in [0, 0.05) is 0 Å². The Kier molecular flexibility index (Phi) is 20.4. The third kappa shape index (κ3) is 17.5. The summed E-state index contributed by atoms with van der Waals surface area (Å²) in [5.74, 6) is 2.82. The third-order valence-corrected chi connectivity index (χ3v) is 39.0. The van der Waals surface area contributed by atoms with Gasteiger partial charge in [0.2, 0.25) is 0 Å². The first-order valence-corrected chi connectivity index (χ1v) is 27.2. The molecule has 0 atom stereocenters. The second kappa shape index (κ2) is 19.6. The molecular formula is C28H62O3Sn2. The van der Waals surface area contributed by atoms with Crippen LogP contribution in [0.25, 0.3) is 0 Å². The minimum absolute atomic E-state index is 0.704. The zero-order chi connectivity index (χ0) is 25.3. The van der Waals surface area contributed by atoms with Crippen LogP contribution in [0.4, 0.5) is 0 Å². The Labute approximate surface area is 219 Å². The second-order valence-corrected chi connectivity index (χ2v) is 34.3. The van der Waals surface area contributed by atoms with Crippen molar-refractivity contribution >= 4 is 38.4 Å². The topological polar surface area (TPSA) is 27.7 Å². The fraction of sp³-hybridized carbons (Fsp3) is 1.00. The number of hydrogen-bond acceptors (Lipinski definition) is 3. The predicted octanol–water partition coefficient (Wildman–Crippen LogP) is 9.71. The molecule has 0 aromatic carbocycles. The van der Waals surface area contributed by atoms with Crippen molar-refractivity contribution in [1.82, 2.24) is 0 Å². The van der Waals surface area contributed by atoms with Crippen LogP contribution in [0, 0.1) is 23.7 Å². The molecule has 0 heterocycles. The van der Waals surface area contributed by atoms with Gasteiger partial charge in [0.25, 0.3) is 0 Å². The van der Waals surface area contributed by atoms with Crippen LogP contribution >= 0.6 is 0 Å². The Morgan fingerprint density at radius 2 is 0.758 bits per heavy atom. The molecule has 0 amide bonds. The van der Waals surface area contributed by atoms with Crippen LogP contribution < -0.4 is 0 Å². The van der Waals surface area contributed by atoms with E-state index in [-0.39, 0.29) is 0 Å². The molecule has 200 valence electrons. The first-order valence-electron chi connectivity index (χ1n) is 14.5. The van der Waals surface area contributed by atoms with Gasteiger partial charge in [-0.2, -0.15) is 0 Å². The standard InChI is InChI=1S/4C5H11.2C4H9O.O.2Sn/c4*1-4-5(2)3;2*1-2-3-4-5;;;/h4*5H,1,4H2,2-3H3;2*2-4H2,1H3;;;/q;;;;2*-1;;2*+1. The van der Waals surface area contributed by atoms with Gasteiger partial charge in [0.05, 0.1) is 0 Å². The first kappa shape index (κ1) is 34.5. The van der Waals surface area contributed by atoms with Crippen molar-refractivity contribution in [3.8, 4) is 0 Å². The van der Waals surface area contributed by atoms with Crippen molar-refractivity contribution in [1.29, 1.82) is 0 Å². The number of hydrogen-bond donors (Lipinski definition) is 0. The van der Waals surface area contributed by atoms with E-state index in [4.69, 9.17) is 7.56 Å². The Bertz CT molecular complexity index is 388. The maximum atomic E-state index is 7.70. The molecule has 0 rings (SSSR count). The van der Waals surface area contributed by atoms with Gasteiger partial charge < -0.3 is 0 Å². The Balaban J connectivity index is 6.13. The number of unbranched alkanes of at least 4 members (excludes halogenated alkanes) is 2. The SMILES string of the molecule is CCCC[O][Sn]([CH2]CC(C)C)([CH2]CC(C)C)[O][Sn]([CH2]CC(C)C)([CH2]CC(C)C)[O]CCCC. The van der Waals surface area contributed by atoms with Crippen LogP contribution in [0.1, 0.15) is 121 Å². The van der Waals surface area contributed by atoms with Crippen molar-refractivity contribution in [2.24, 2.45) is 23.7 Å². The predicted molar refractivity (Wildman–Crippen MR) is 151 cm³/mol. The summed E-state index contributed by atoms with van der Waals surface area (Å²) in [4.78, 5) is 0. The molecule has 0 spiro atoms. The molecule has 0 saturated heterocycles. The van der Waals surface area contributed by atoms with Gasteiger partial charge in [0.15, 0.2) is 0 Å². The van der Waals surface area contributed by atoms with Gasteiger partial charge in [-0.3, -0.25) is 0 Å². The Morgan fingerprint density at radius 1 is 0.485 bits per heavy atom. The fourth-order valence-corrected chi connectivity index (χ4v) is 48.1. The summed E-state index contributed by atoms with van der Waals surface area (Å²) < 4.78 is 26.6. The molecule has 0 radical (unpaired) electrons. The van der Waals surface area contributed by atoms with Crippen LogP contribution in [0.15, 0.2) is 0 Å². The molecule has 0 aliphatic heterocycles. The van der Waals surface area contributed by atoms with Crippen molar-refractivity contribution in [3.63, 3.8) is 0 Å². The molecule has 0 unspecified atom stereocenters. The van der Waals surface area contributed by atoms with E-state index >= 15 is 0 Å². The maximum absolute atomic E-state index is 7.70. The summed E-state index contributed by atoms with van der Waals surface area (Å²) in [5, 5.41) is 0. The van der Waals surface area contributed by atoms with Gasteiger partial charge in [-0.25, -0.2) is 0 Å². The molecular weight excluding hydrogens is 622 g/mol. The molecule has 0 saturated carbocycles. The van der Waals surface area contributed by atoms with E-state index in [2.05, 4.69) is 69.2 Å². The molecule has 0 aliphatic carbocycles. The molecule has 0 fully saturated rings. The van der Waals surface area contributed by atoms with Gasteiger partial charge in [-0.05, 0) is 0 Å². The molecule has 0 N–H and O–H groups in total. The molecule has 3 nitrogen and oxygen atoms in total. The summed E-state index contributed by atoms with van der Waals surface area (Å²) in [6.07, 6.45) is 9.66. The summed E-state index contributed by atoms with van der Waals surface area (Å²) >= 11 is -6.58. The van der Waals surface area contributed by atoms with E-state index in [9.17, 15) is 0 Å². The average molecular weight is 684 g/mol. The molecule has 0 bridgehead atoms. The molecule has 0 aromatic rings. The van der Waals surface area contributed by atoms with E-state index in [0.717, 1.165) is 26.1 Å². The summed E-state index contributed by atoms with van der Waals surface area (Å²) in [6, 6.07) is 0. The van der Waals surface area contributed by atoms with Gasteiger partial charge >= 0.3 is 221 Å². The summed E-state index contributed by atoms with van der Waals surface area (Å²) in [7, 11) is 0. The van der Waals surface area contributed by atoms with E-state index in [0.29, 0.717) is 23.7 Å². The number of rotatable bonds is 22. The van der Waals surface area contributed by atoms with Crippen LogP contribution in [-0.2, 0) is 7.56 Å². The van der Waals surface area contributed by atoms with Gasteiger partial charge in [-0.15, -0.1) is 0 Å². The zero-order valence-corrected chi connectivity index (χ0v) is 30.1. The van der Waals surface area contributed by atoms with Crippen molar-refractivity contribution < 1.29 is 7.56 Å². The van der Waals surface area contributed by atoms with Gasteiger partial charge in [-0.1, -0.05) is 0 Å². The zero-order valence-electron chi connectivity index (χ0n) is 24.4. The average Bonchev–Trinajstić information content (AvgIpc) is 2.73. The van der Waals surface area contributed by atoms with Crippen LogP contribution in [-0.4, -0.2) is 51.6 Å². The second-order valence-electron chi connectivity index (χ2n) is 12.1. The Morgan fingerprint density at radius 3 is 0.970 bits per heavy atom. The van der Waals surface area contributed by atoms with E-state index in [1.165, 1.54) is 56.3 Å². The molecule has 0 aliphatic rings. The van der Waals surface area contributed by atoms with Crippen LogP contribution in [0.2, 0.25) is 17.7 Å². The van der Waals surface area contributed by atoms with E-state index in [1.807, 2.05) is 0 Å². The van der Waals surface area contributed by atoms with E-state index < -0.39 is 38.4 Å². The normalized spacial score (nSPS) is 13.3. The van der Waals surface area contributed by atoms with Crippen molar-refractivity contribution in [2.75, 3.05) is 13.2 Å². The molecule has 5 heteroatoms.